The van der Waals surface area contributed by atoms with E-state index in [0.29, 0.717) is 16.9 Å². The van der Waals surface area contributed by atoms with Gasteiger partial charge in [0.05, 0.1) is 21.6 Å². The SMILES string of the molecule is Nc1ccc(N)c(C(=O)CBr)c1Cl. The minimum atomic E-state index is -0.171. The van der Waals surface area contributed by atoms with Crippen LogP contribution in [0.1, 0.15) is 10.4 Å². The second-order valence-electron chi connectivity index (χ2n) is 2.49. The lowest BCUT2D eigenvalue weighted by atomic mass is 10.1. The lowest BCUT2D eigenvalue weighted by Gasteiger charge is -2.07. The summed E-state index contributed by atoms with van der Waals surface area (Å²) in [6, 6.07) is 3.14. The van der Waals surface area contributed by atoms with Gasteiger partial charge in [-0.2, -0.15) is 0 Å². The molecule has 0 amide bonds. The van der Waals surface area contributed by atoms with Gasteiger partial charge in [-0.05, 0) is 12.1 Å². The number of nitrogens with two attached hydrogens (primary N) is 2. The maximum Gasteiger partial charge on any atom is 0.177 e. The molecule has 0 aliphatic carbocycles. The number of ketones is 1. The summed E-state index contributed by atoms with van der Waals surface area (Å²) >= 11 is 8.87. The molecule has 1 aromatic rings. The van der Waals surface area contributed by atoms with Crippen LogP contribution in [-0.4, -0.2) is 11.1 Å². The first kappa shape index (κ1) is 10.3. The molecule has 0 aliphatic heterocycles. The molecule has 1 rings (SSSR count). The minimum Gasteiger partial charge on any atom is -0.398 e. The molecular formula is C8H8BrClN2O. The topological polar surface area (TPSA) is 69.1 Å². The summed E-state index contributed by atoms with van der Waals surface area (Å²) in [5.41, 5.74) is 12.1. The van der Waals surface area contributed by atoms with E-state index in [2.05, 4.69) is 15.9 Å². The van der Waals surface area contributed by atoms with E-state index in [0.717, 1.165) is 0 Å². The number of rotatable bonds is 2. The largest absolute Gasteiger partial charge is 0.398 e. The van der Waals surface area contributed by atoms with Crippen LogP contribution < -0.4 is 11.5 Å². The molecule has 0 aromatic heterocycles. The molecule has 13 heavy (non-hydrogen) atoms. The summed E-state index contributed by atoms with van der Waals surface area (Å²) in [5, 5.41) is 0.407. The van der Waals surface area contributed by atoms with Crippen LogP contribution in [0.25, 0.3) is 0 Å². The molecule has 0 bridgehead atoms. The molecule has 0 radical (unpaired) electrons. The Labute approximate surface area is 89.2 Å². The van der Waals surface area contributed by atoms with Crippen LogP contribution in [0.4, 0.5) is 11.4 Å². The van der Waals surface area contributed by atoms with Crippen molar-refractivity contribution in [2.24, 2.45) is 0 Å². The summed E-state index contributed by atoms with van der Waals surface area (Å²) in [4.78, 5) is 11.3. The Balaban J connectivity index is 3.33. The van der Waals surface area contributed by atoms with E-state index in [1.807, 2.05) is 0 Å². The number of hydrogen-bond acceptors (Lipinski definition) is 3. The molecule has 3 nitrogen and oxygen atoms in total. The van der Waals surface area contributed by atoms with Crippen molar-refractivity contribution in [1.29, 1.82) is 0 Å². The lowest BCUT2D eigenvalue weighted by Crippen LogP contribution is -2.07. The van der Waals surface area contributed by atoms with E-state index in [9.17, 15) is 4.79 Å². The average molecular weight is 264 g/mol. The average Bonchev–Trinajstić information content (AvgIpc) is 2.12. The monoisotopic (exact) mass is 262 g/mol. The third kappa shape index (κ3) is 1.95. The van der Waals surface area contributed by atoms with Crippen molar-refractivity contribution in [3.05, 3.63) is 22.7 Å². The van der Waals surface area contributed by atoms with Crippen molar-refractivity contribution in [1.82, 2.24) is 0 Å². The third-order valence-electron chi connectivity index (χ3n) is 1.60. The van der Waals surface area contributed by atoms with E-state index in [1.165, 1.54) is 0 Å². The Morgan fingerprint density at radius 3 is 2.46 bits per heavy atom. The number of carbonyl (C=O) groups is 1. The Bertz CT molecular complexity index is 354. The van der Waals surface area contributed by atoms with E-state index in [1.54, 1.807) is 12.1 Å². The first-order valence-electron chi connectivity index (χ1n) is 3.50. The Morgan fingerprint density at radius 1 is 1.38 bits per heavy atom. The molecule has 0 saturated carbocycles. The van der Waals surface area contributed by atoms with Gasteiger partial charge in [0.25, 0.3) is 0 Å². The quantitative estimate of drug-likeness (QED) is 0.488. The maximum absolute atomic E-state index is 11.3. The molecule has 0 fully saturated rings. The highest BCUT2D eigenvalue weighted by Gasteiger charge is 2.14. The van der Waals surface area contributed by atoms with Crippen molar-refractivity contribution in [3.8, 4) is 0 Å². The van der Waals surface area contributed by atoms with Gasteiger partial charge in [0, 0.05) is 5.69 Å². The lowest BCUT2D eigenvalue weighted by molar-refractivity contribution is 0.102. The molecule has 1 aromatic carbocycles. The Kier molecular flexibility index (Phi) is 3.17. The van der Waals surface area contributed by atoms with Crippen molar-refractivity contribution < 1.29 is 4.79 Å². The van der Waals surface area contributed by atoms with E-state index in [4.69, 9.17) is 23.1 Å². The van der Waals surface area contributed by atoms with Crippen LogP contribution in [0.3, 0.4) is 0 Å². The van der Waals surface area contributed by atoms with Crippen LogP contribution in [0, 0.1) is 0 Å². The Hall–Kier alpha value is -0.740. The standard InChI is InChI=1S/C8H8BrClN2O/c9-3-6(13)7-4(11)1-2-5(12)8(7)10/h1-2H,3,11-12H2. The van der Waals surface area contributed by atoms with Crippen LogP contribution in [-0.2, 0) is 0 Å². The normalized spacial score (nSPS) is 10.0. The van der Waals surface area contributed by atoms with Gasteiger partial charge in [-0.25, -0.2) is 0 Å². The van der Waals surface area contributed by atoms with Crippen LogP contribution >= 0.6 is 27.5 Å². The van der Waals surface area contributed by atoms with E-state index < -0.39 is 0 Å². The van der Waals surface area contributed by atoms with Crippen LogP contribution in [0.15, 0.2) is 12.1 Å². The van der Waals surface area contributed by atoms with Crippen molar-refractivity contribution in [2.75, 3.05) is 16.8 Å². The highest BCUT2D eigenvalue weighted by Crippen LogP contribution is 2.28. The number of nitrogen functional groups attached to an aromatic ring is 2. The van der Waals surface area contributed by atoms with Gasteiger partial charge in [0.2, 0.25) is 0 Å². The van der Waals surface area contributed by atoms with Gasteiger partial charge in [0.15, 0.2) is 5.78 Å². The van der Waals surface area contributed by atoms with Gasteiger partial charge in [0.1, 0.15) is 0 Å². The fraction of sp³-hybridized carbons (Fsp3) is 0.125. The molecule has 70 valence electrons. The molecular weight excluding hydrogens is 255 g/mol. The summed E-state index contributed by atoms with van der Waals surface area (Å²) in [6.07, 6.45) is 0. The molecule has 0 heterocycles. The van der Waals surface area contributed by atoms with Crippen LogP contribution in [0.2, 0.25) is 5.02 Å². The second-order valence-corrected chi connectivity index (χ2v) is 3.43. The number of anilines is 2. The van der Waals surface area contributed by atoms with Crippen LogP contribution in [0.5, 0.6) is 0 Å². The van der Waals surface area contributed by atoms with Gasteiger partial charge in [-0.1, -0.05) is 27.5 Å². The summed E-state index contributed by atoms with van der Waals surface area (Å²) in [5.74, 6) is -0.171. The molecule has 0 unspecified atom stereocenters. The van der Waals surface area contributed by atoms with Gasteiger partial charge < -0.3 is 11.5 Å². The summed E-state index contributed by atoms with van der Waals surface area (Å²) in [7, 11) is 0. The predicted octanol–water partition coefficient (Wildman–Crippen LogP) is 2.08. The van der Waals surface area contributed by atoms with Crippen molar-refractivity contribution >= 4 is 44.7 Å². The number of benzene rings is 1. The zero-order chi connectivity index (χ0) is 10.0. The van der Waals surface area contributed by atoms with Gasteiger partial charge >= 0.3 is 0 Å². The first-order valence-corrected chi connectivity index (χ1v) is 5.00. The smallest absolute Gasteiger partial charge is 0.177 e. The van der Waals surface area contributed by atoms with E-state index in [-0.39, 0.29) is 16.1 Å². The number of halogens is 2. The van der Waals surface area contributed by atoms with Gasteiger partial charge in [-0.3, -0.25) is 4.79 Å². The summed E-state index contributed by atoms with van der Waals surface area (Å²) in [6.45, 7) is 0. The highest BCUT2D eigenvalue weighted by atomic mass is 79.9. The zero-order valence-electron chi connectivity index (χ0n) is 6.68. The number of carbonyl (C=O) groups excluding carboxylic acids is 1. The third-order valence-corrected chi connectivity index (χ3v) is 2.52. The summed E-state index contributed by atoms with van der Waals surface area (Å²) < 4.78 is 0. The Morgan fingerprint density at radius 2 is 1.92 bits per heavy atom. The molecule has 4 N–H and O–H groups in total. The fourth-order valence-corrected chi connectivity index (χ4v) is 1.52. The fourth-order valence-electron chi connectivity index (χ4n) is 0.957. The minimum absolute atomic E-state index is 0.171. The first-order chi connectivity index (χ1) is 6.07. The molecule has 5 heteroatoms. The van der Waals surface area contributed by atoms with E-state index >= 15 is 0 Å². The molecule has 0 atom stereocenters. The van der Waals surface area contributed by atoms with Crippen molar-refractivity contribution in [2.45, 2.75) is 0 Å². The second kappa shape index (κ2) is 3.98. The molecule has 0 saturated heterocycles. The highest BCUT2D eigenvalue weighted by molar-refractivity contribution is 9.09. The zero-order valence-corrected chi connectivity index (χ0v) is 9.02. The predicted molar refractivity (Wildman–Crippen MR) is 58.4 cm³/mol. The maximum atomic E-state index is 11.3. The molecule has 0 aliphatic rings. The number of alkyl halides is 1. The molecule has 0 spiro atoms. The van der Waals surface area contributed by atoms with Gasteiger partial charge in [-0.15, -0.1) is 0 Å². The number of hydrogen-bond donors (Lipinski definition) is 2. The number of Topliss-reactive ketones (excluding diaryl/α,β-unsaturated/α-hetero) is 1. The van der Waals surface area contributed by atoms with Crippen molar-refractivity contribution in [3.63, 3.8) is 0 Å².